The maximum atomic E-state index is 3.19. The highest BCUT2D eigenvalue weighted by molar-refractivity contribution is 8.77. The predicted octanol–water partition coefficient (Wildman–Crippen LogP) is 3.95. The van der Waals surface area contributed by atoms with E-state index in [1.165, 1.54) is 44.4 Å². The maximum Gasteiger partial charge on any atom is 0.0159 e. The van der Waals surface area contributed by atoms with Crippen molar-refractivity contribution in [1.29, 1.82) is 0 Å². The summed E-state index contributed by atoms with van der Waals surface area (Å²) in [5, 5.41) is 4.16. The van der Waals surface area contributed by atoms with Crippen molar-refractivity contribution in [3.05, 3.63) is 0 Å². The van der Waals surface area contributed by atoms with E-state index in [1.54, 1.807) is 0 Å². The van der Waals surface area contributed by atoms with E-state index in [2.05, 4.69) is 26.9 Å². The average Bonchev–Trinajstić information content (AvgIpc) is 2.74. The quantitative estimate of drug-likeness (QED) is 0.553. The summed E-state index contributed by atoms with van der Waals surface area (Å²) in [6.45, 7) is 5.19. The van der Waals surface area contributed by atoms with Crippen LogP contribution >= 0.6 is 21.6 Å². The highest BCUT2D eigenvalue weighted by atomic mass is 33.1. The highest BCUT2D eigenvalue weighted by Crippen LogP contribution is 2.39. The van der Waals surface area contributed by atoms with E-state index in [-0.39, 0.29) is 0 Å². The number of hydrogen-bond acceptors (Lipinski definition) is 3. The third kappa shape index (κ3) is 8.01. The van der Waals surface area contributed by atoms with Gasteiger partial charge in [0.05, 0.1) is 0 Å². The Hall–Kier alpha value is 0.660. The lowest BCUT2D eigenvalue weighted by atomic mass is 10.1. The molecule has 1 unspecified atom stereocenters. The molecule has 1 aliphatic heterocycles. The van der Waals surface area contributed by atoms with Crippen LogP contribution in [0.4, 0.5) is 0 Å². The lowest BCUT2D eigenvalue weighted by molar-refractivity contribution is 0.603. The van der Waals surface area contributed by atoms with Crippen molar-refractivity contribution in [2.75, 3.05) is 19.3 Å². The van der Waals surface area contributed by atoms with Gasteiger partial charge in [-0.05, 0) is 32.9 Å². The van der Waals surface area contributed by atoms with Crippen LogP contribution in [-0.2, 0) is 0 Å². The van der Waals surface area contributed by atoms with Gasteiger partial charge in [0.15, 0.2) is 0 Å². The first kappa shape index (κ1) is 14.7. The van der Waals surface area contributed by atoms with Crippen LogP contribution in [0.1, 0.15) is 46.0 Å². The lowest BCUT2D eigenvalue weighted by Gasteiger charge is -2.06. The van der Waals surface area contributed by atoms with E-state index in [0.29, 0.717) is 0 Å². The summed E-state index contributed by atoms with van der Waals surface area (Å²) >= 11 is 0. The largest absolute Gasteiger partial charge is 0.320 e. The summed E-state index contributed by atoms with van der Waals surface area (Å²) < 4.78 is 0. The summed E-state index contributed by atoms with van der Waals surface area (Å²) in [4.78, 5) is 0. The van der Waals surface area contributed by atoms with Gasteiger partial charge in [0, 0.05) is 11.0 Å². The van der Waals surface area contributed by atoms with Crippen LogP contribution in [0.15, 0.2) is 0 Å². The molecule has 0 saturated carbocycles. The second kappa shape index (κ2) is 11.7. The zero-order valence-corrected chi connectivity index (χ0v) is 11.5. The van der Waals surface area contributed by atoms with Gasteiger partial charge in [0.2, 0.25) is 0 Å². The van der Waals surface area contributed by atoms with Gasteiger partial charge in [0.25, 0.3) is 0 Å². The van der Waals surface area contributed by atoms with Gasteiger partial charge >= 0.3 is 0 Å². The third-order valence-corrected chi connectivity index (χ3v) is 5.19. The van der Waals surface area contributed by atoms with Crippen LogP contribution in [0, 0.1) is 0 Å². The van der Waals surface area contributed by atoms with Crippen LogP contribution in [0.25, 0.3) is 0 Å². The average molecular weight is 235 g/mol. The molecule has 1 N–H and O–H groups in total. The van der Waals surface area contributed by atoms with E-state index < -0.39 is 0 Å². The minimum absolute atomic E-state index is 0.976. The fraction of sp³-hybridized carbons (Fsp3) is 1.00. The molecule has 3 heteroatoms. The number of hydrogen-bond donors (Lipinski definition) is 1. The Bertz CT molecular complexity index is 103. The smallest absolute Gasteiger partial charge is 0.0159 e. The molecule has 0 amide bonds. The summed E-state index contributed by atoms with van der Waals surface area (Å²) in [6, 6.07) is 0. The van der Waals surface area contributed by atoms with Crippen molar-refractivity contribution in [2.24, 2.45) is 0 Å². The number of rotatable bonds is 6. The Morgan fingerprint density at radius 1 is 1.21 bits per heavy atom. The molecule has 1 aliphatic rings. The van der Waals surface area contributed by atoms with Gasteiger partial charge in [-0.15, -0.1) is 0 Å². The van der Waals surface area contributed by atoms with Crippen molar-refractivity contribution in [3.63, 3.8) is 0 Å². The molecular formula is C11H25NS2. The fourth-order valence-electron chi connectivity index (χ4n) is 1.42. The first-order valence-electron chi connectivity index (χ1n) is 5.86. The third-order valence-electron chi connectivity index (χ3n) is 2.18. The molecule has 0 bridgehead atoms. The number of unbranched alkanes of at least 4 members (excludes halogenated alkanes) is 2. The van der Waals surface area contributed by atoms with Crippen LogP contribution in [0.5, 0.6) is 0 Å². The van der Waals surface area contributed by atoms with Crippen LogP contribution in [0.2, 0.25) is 0 Å². The molecule has 1 rings (SSSR count). The van der Waals surface area contributed by atoms with Crippen LogP contribution in [0.3, 0.4) is 0 Å². The van der Waals surface area contributed by atoms with E-state index >= 15 is 0 Å². The van der Waals surface area contributed by atoms with Gasteiger partial charge < -0.3 is 5.32 Å². The second-order valence-electron chi connectivity index (χ2n) is 3.28. The van der Waals surface area contributed by atoms with E-state index in [4.69, 9.17) is 0 Å². The molecule has 0 radical (unpaired) electrons. The molecule has 0 aliphatic carbocycles. The van der Waals surface area contributed by atoms with E-state index in [0.717, 1.165) is 5.25 Å². The first-order chi connectivity index (χ1) is 6.93. The Balaban J connectivity index is 0.000000791. The zero-order valence-electron chi connectivity index (χ0n) is 9.84. The summed E-state index contributed by atoms with van der Waals surface area (Å²) in [5.74, 6) is 1.38. The van der Waals surface area contributed by atoms with E-state index in [9.17, 15) is 0 Å². The van der Waals surface area contributed by atoms with Crippen molar-refractivity contribution in [1.82, 2.24) is 5.32 Å². The Kier molecular flexibility index (Phi) is 12.3. The molecule has 0 spiro atoms. The van der Waals surface area contributed by atoms with Crippen molar-refractivity contribution in [2.45, 2.75) is 51.2 Å². The summed E-state index contributed by atoms with van der Waals surface area (Å²) in [7, 11) is 6.19. The molecule has 14 heavy (non-hydrogen) atoms. The molecule has 1 saturated heterocycles. The van der Waals surface area contributed by atoms with Crippen LogP contribution in [-0.4, -0.2) is 24.6 Å². The minimum Gasteiger partial charge on any atom is -0.320 e. The molecule has 1 atom stereocenters. The molecule has 86 valence electrons. The number of nitrogens with one attached hydrogen (secondary N) is 1. The van der Waals surface area contributed by atoms with Gasteiger partial charge in [0.1, 0.15) is 0 Å². The van der Waals surface area contributed by atoms with Gasteiger partial charge in [-0.3, -0.25) is 0 Å². The van der Waals surface area contributed by atoms with Crippen molar-refractivity contribution in [3.8, 4) is 0 Å². The first-order valence-corrected chi connectivity index (χ1v) is 8.24. The Morgan fingerprint density at radius 3 is 2.57 bits per heavy atom. The monoisotopic (exact) mass is 235 g/mol. The summed E-state index contributed by atoms with van der Waals surface area (Å²) in [6.07, 6.45) is 7.08. The van der Waals surface area contributed by atoms with E-state index in [1.807, 2.05) is 20.9 Å². The standard InChI is InChI=1S/C9H19NS2.C2H6/c1-10-7-4-2-3-5-9-6-8-11-12-9;1-2/h9-10H,2-8H2,1H3;1-2H3. The summed E-state index contributed by atoms with van der Waals surface area (Å²) in [5.41, 5.74) is 0. The van der Waals surface area contributed by atoms with Crippen LogP contribution < -0.4 is 5.32 Å². The molecule has 1 heterocycles. The SMILES string of the molecule is CC.CNCCCCCC1CCSS1. The highest BCUT2D eigenvalue weighted by Gasteiger charge is 2.15. The van der Waals surface area contributed by atoms with Crippen molar-refractivity contribution < 1.29 is 0 Å². The fourth-order valence-corrected chi connectivity index (χ4v) is 4.44. The Morgan fingerprint density at radius 2 is 2.00 bits per heavy atom. The lowest BCUT2D eigenvalue weighted by Crippen LogP contribution is -2.07. The molecule has 0 aromatic carbocycles. The van der Waals surface area contributed by atoms with Gasteiger partial charge in [-0.1, -0.05) is 48.3 Å². The van der Waals surface area contributed by atoms with Crippen molar-refractivity contribution >= 4 is 21.6 Å². The minimum atomic E-state index is 0.976. The molecular weight excluding hydrogens is 210 g/mol. The molecule has 0 aromatic rings. The Labute approximate surface area is 97.6 Å². The zero-order chi connectivity index (χ0) is 10.6. The van der Waals surface area contributed by atoms with Gasteiger partial charge in [-0.2, -0.15) is 0 Å². The van der Waals surface area contributed by atoms with Gasteiger partial charge in [-0.25, -0.2) is 0 Å². The molecule has 1 fully saturated rings. The molecule has 0 aromatic heterocycles. The maximum absolute atomic E-state index is 3.19. The topological polar surface area (TPSA) is 12.0 Å². The molecule has 1 nitrogen and oxygen atoms in total. The predicted molar refractivity (Wildman–Crippen MR) is 72.2 cm³/mol. The normalized spacial score (nSPS) is 20.4. The second-order valence-corrected chi connectivity index (χ2v) is 6.07.